The average Bonchev–Trinajstić information content (AvgIpc) is 3.08. The van der Waals surface area contributed by atoms with Crippen LogP contribution in [0.2, 0.25) is 0 Å². The first-order valence-electron chi connectivity index (χ1n) is 7.37. The average molecular weight is 385 g/mol. The topological polar surface area (TPSA) is 65.7 Å². The van der Waals surface area contributed by atoms with Crippen molar-refractivity contribution in [3.05, 3.63) is 76.5 Å². The second kappa shape index (κ2) is 5.81. The van der Waals surface area contributed by atoms with E-state index in [0.29, 0.717) is 27.8 Å². The third-order valence-corrected chi connectivity index (χ3v) is 4.46. The second-order valence-corrected chi connectivity index (χ2v) is 6.37. The number of carbonyl (C=O) groups is 1. The van der Waals surface area contributed by atoms with E-state index in [1.807, 2.05) is 36.4 Å². The van der Waals surface area contributed by atoms with Crippen LogP contribution in [-0.2, 0) is 0 Å². The molecule has 0 radical (unpaired) electrons. The fourth-order valence-corrected chi connectivity index (χ4v) is 2.97. The van der Waals surface area contributed by atoms with Crippen LogP contribution >= 0.6 is 15.9 Å². The number of rotatable bonds is 2. The normalized spacial score (nSPS) is 16.7. The van der Waals surface area contributed by atoms with Crippen molar-refractivity contribution >= 4 is 27.5 Å². The lowest BCUT2D eigenvalue weighted by Crippen LogP contribution is -2.40. The molecule has 120 valence electrons. The summed E-state index contributed by atoms with van der Waals surface area (Å²) in [5.41, 5.74) is 2.01. The third kappa shape index (κ3) is 2.50. The summed E-state index contributed by atoms with van der Waals surface area (Å²) >= 11 is 3.40. The minimum atomic E-state index is -0.767. The van der Waals surface area contributed by atoms with E-state index < -0.39 is 12.1 Å². The number of fused-ring (bicyclic) bond motifs is 1. The highest BCUT2D eigenvalue weighted by Crippen LogP contribution is 2.34. The zero-order valence-corrected chi connectivity index (χ0v) is 14.0. The van der Waals surface area contributed by atoms with Crippen molar-refractivity contribution in [2.24, 2.45) is 0 Å². The molecule has 0 saturated carbocycles. The molecule has 2 N–H and O–H groups in total. The van der Waals surface area contributed by atoms with Gasteiger partial charge in [0.2, 0.25) is 0 Å². The number of para-hydroxylation sites is 1. The summed E-state index contributed by atoms with van der Waals surface area (Å²) in [6, 6.07) is 18.3. The molecule has 24 heavy (non-hydrogen) atoms. The van der Waals surface area contributed by atoms with Crippen LogP contribution in [0.5, 0.6) is 0 Å². The van der Waals surface area contributed by atoms with Gasteiger partial charge in [0.05, 0.1) is 5.56 Å². The summed E-state index contributed by atoms with van der Waals surface area (Å²) in [5.74, 6) is 0.660. The molecule has 1 atom stereocenters. The van der Waals surface area contributed by atoms with Crippen molar-refractivity contribution in [3.63, 3.8) is 0 Å². The maximum Gasteiger partial charge on any atom is 0.281 e. The van der Waals surface area contributed by atoms with Crippen molar-refractivity contribution in [2.45, 2.75) is 6.17 Å². The van der Waals surface area contributed by atoms with Crippen LogP contribution in [0.25, 0.3) is 11.3 Å². The van der Waals surface area contributed by atoms with Gasteiger partial charge in [-0.3, -0.25) is 10.0 Å². The van der Waals surface area contributed by atoms with E-state index in [1.54, 1.807) is 24.3 Å². The van der Waals surface area contributed by atoms with E-state index in [2.05, 4.69) is 21.2 Å². The highest BCUT2D eigenvalue weighted by molar-refractivity contribution is 9.10. The van der Waals surface area contributed by atoms with Crippen LogP contribution in [0.3, 0.4) is 0 Å². The molecule has 2 aromatic carbocycles. The number of anilines is 1. The highest BCUT2D eigenvalue weighted by Gasteiger charge is 2.33. The Hall–Kier alpha value is -2.57. The first-order chi connectivity index (χ1) is 11.6. The predicted octanol–water partition coefficient (Wildman–Crippen LogP) is 4.66. The lowest BCUT2D eigenvalue weighted by atomic mass is 10.1. The maximum absolute atomic E-state index is 12.3. The van der Waals surface area contributed by atoms with Gasteiger partial charge in [-0.1, -0.05) is 40.2 Å². The number of nitrogens with zero attached hydrogens (tertiary/aromatic N) is 1. The number of furan rings is 1. The van der Waals surface area contributed by atoms with Gasteiger partial charge >= 0.3 is 0 Å². The Morgan fingerprint density at radius 1 is 1.04 bits per heavy atom. The molecule has 6 heteroatoms. The summed E-state index contributed by atoms with van der Waals surface area (Å²) in [6.45, 7) is 0. The van der Waals surface area contributed by atoms with Crippen LogP contribution in [-0.4, -0.2) is 16.2 Å². The number of halogens is 1. The number of benzene rings is 2. The summed E-state index contributed by atoms with van der Waals surface area (Å²) in [7, 11) is 0. The van der Waals surface area contributed by atoms with E-state index in [9.17, 15) is 10.0 Å². The van der Waals surface area contributed by atoms with Crippen molar-refractivity contribution in [2.75, 3.05) is 5.32 Å². The lowest BCUT2D eigenvalue weighted by Gasteiger charge is -2.31. The van der Waals surface area contributed by atoms with Crippen LogP contribution in [0.15, 0.2) is 69.6 Å². The fraction of sp³-hybridized carbons (Fsp3) is 0.0556. The fourth-order valence-electron chi connectivity index (χ4n) is 2.71. The molecule has 5 nitrogen and oxygen atoms in total. The number of amides is 1. The summed E-state index contributed by atoms with van der Waals surface area (Å²) < 4.78 is 6.83. The molecule has 0 saturated heterocycles. The molecule has 0 unspecified atom stereocenters. The molecule has 2 heterocycles. The Balaban J connectivity index is 1.67. The first kappa shape index (κ1) is 15.0. The van der Waals surface area contributed by atoms with Gasteiger partial charge in [0.1, 0.15) is 11.5 Å². The molecule has 1 amide bonds. The van der Waals surface area contributed by atoms with Crippen LogP contribution < -0.4 is 5.32 Å². The molecule has 1 aromatic heterocycles. The molecule has 1 aliphatic heterocycles. The first-order valence-corrected chi connectivity index (χ1v) is 8.16. The Morgan fingerprint density at radius 3 is 2.58 bits per heavy atom. The third-order valence-electron chi connectivity index (χ3n) is 3.93. The number of nitrogens with one attached hydrogen (secondary N) is 1. The quantitative estimate of drug-likeness (QED) is 0.630. The zero-order valence-electron chi connectivity index (χ0n) is 12.4. The van der Waals surface area contributed by atoms with Gasteiger partial charge in [0.25, 0.3) is 5.91 Å². The van der Waals surface area contributed by atoms with Crippen LogP contribution in [0, 0.1) is 0 Å². The van der Waals surface area contributed by atoms with E-state index >= 15 is 0 Å². The Morgan fingerprint density at radius 2 is 1.79 bits per heavy atom. The minimum Gasteiger partial charge on any atom is -0.457 e. The van der Waals surface area contributed by atoms with Crippen LogP contribution in [0.1, 0.15) is 22.3 Å². The van der Waals surface area contributed by atoms with Gasteiger partial charge in [-0.2, -0.15) is 5.06 Å². The smallest absolute Gasteiger partial charge is 0.281 e. The monoisotopic (exact) mass is 384 g/mol. The zero-order chi connectivity index (χ0) is 16.7. The molecule has 0 bridgehead atoms. The van der Waals surface area contributed by atoms with E-state index in [1.165, 1.54) is 0 Å². The molecule has 1 aliphatic rings. The van der Waals surface area contributed by atoms with E-state index in [4.69, 9.17) is 4.42 Å². The Kier molecular flexibility index (Phi) is 3.63. The molecule has 0 spiro atoms. The van der Waals surface area contributed by atoms with Crippen molar-refractivity contribution < 1.29 is 14.4 Å². The molecule has 0 fully saturated rings. The van der Waals surface area contributed by atoms with Crippen molar-refractivity contribution in [3.8, 4) is 11.3 Å². The standard InChI is InChI=1S/C18H13BrN2O3/c19-12-7-5-11(6-8-12)15-9-10-16(24-15)17-20-14-4-2-1-3-13(14)18(22)21(17)23/h1-10,17,20,23H/t17-/m1/s1. The van der Waals surface area contributed by atoms with Gasteiger partial charge in [0.15, 0.2) is 6.17 Å². The maximum atomic E-state index is 12.3. The Bertz CT molecular complexity index is 905. The van der Waals surface area contributed by atoms with E-state index in [0.717, 1.165) is 10.0 Å². The van der Waals surface area contributed by atoms with Crippen LogP contribution in [0.4, 0.5) is 5.69 Å². The van der Waals surface area contributed by atoms with Gasteiger partial charge in [0, 0.05) is 15.7 Å². The highest BCUT2D eigenvalue weighted by atomic mass is 79.9. The number of hydroxylamine groups is 2. The molecule has 4 rings (SSSR count). The largest absolute Gasteiger partial charge is 0.457 e. The van der Waals surface area contributed by atoms with Gasteiger partial charge in [-0.05, 0) is 36.4 Å². The lowest BCUT2D eigenvalue weighted by molar-refractivity contribution is -0.0893. The second-order valence-electron chi connectivity index (χ2n) is 5.45. The Labute approximate surface area is 146 Å². The summed E-state index contributed by atoms with van der Waals surface area (Å²) in [5, 5.41) is 14.0. The summed E-state index contributed by atoms with van der Waals surface area (Å²) in [4.78, 5) is 12.3. The van der Waals surface area contributed by atoms with Gasteiger partial charge in [-0.15, -0.1) is 0 Å². The SMILES string of the molecule is O=C1c2ccccc2N[C@@H](c2ccc(-c3ccc(Br)cc3)o2)N1O. The number of carbonyl (C=O) groups excluding carboxylic acids is 1. The molecular formula is C18H13BrN2O3. The van der Waals surface area contributed by atoms with Gasteiger partial charge in [-0.25, -0.2) is 0 Å². The van der Waals surface area contributed by atoms with Crippen molar-refractivity contribution in [1.29, 1.82) is 0 Å². The number of hydrogen-bond acceptors (Lipinski definition) is 4. The van der Waals surface area contributed by atoms with E-state index in [-0.39, 0.29) is 0 Å². The molecule has 3 aromatic rings. The number of hydrogen-bond donors (Lipinski definition) is 2. The predicted molar refractivity (Wildman–Crippen MR) is 92.6 cm³/mol. The molecule has 0 aliphatic carbocycles. The summed E-state index contributed by atoms with van der Waals surface area (Å²) in [6.07, 6.45) is -0.767. The molecular weight excluding hydrogens is 372 g/mol. The van der Waals surface area contributed by atoms with Crippen molar-refractivity contribution in [1.82, 2.24) is 5.06 Å². The van der Waals surface area contributed by atoms with Gasteiger partial charge < -0.3 is 9.73 Å². The minimum absolute atomic E-state index is 0.427.